The van der Waals surface area contributed by atoms with Gasteiger partial charge in [-0.05, 0) is 43.4 Å². The second-order valence-electron chi connectivity index (χ2n) is 11.1. The molecule has 1 saturated heterocycles. The van der Waals surface area contributed by atoms with Gasteiger partial charge in [-0.2, -0.15) is 0 Å². The Morgan fingerprint density at radius 1 is 1.08 bits per heavy atom. The molecule has 12 heteroatoms. The Kier molecular flexibility index (Phi) is 9.06. The SMILES string of the molecule is CNC(=O)C(=O)[C@H](CCC(C)(F)F)NC(=O)[C@H]1CC2(CCC2)CN1C(=O)[C@@H](NC(=O)OC)C(C)(C)C. The summed E-state index contributed by atoms with van der Waals surface area (Å²) < 4.78 is 31.7. The van der Waals surface area contributed by atoms with Gasteiger partial charge >= 0.3 is 6.09 Å². The summed E-state index contributed by atoms with van der Waals surface area (Å²) in [5.41, 5.74) is -0.978. The van der Waals surface area contributed by atoms with Gasteiger partial charge in [0.1, 0.15) is 12.1 Å². The van der Waals surface area contributed by atoms with Gasteiger partial charge in [-0.25, -0.2) is 13.6 Å². The van der Waals surface area contributed by atoms with Crippen LogP contribution in [-0.2, 0) is 23.9 Å². The van der Waals surface area contributed by atoms with Crippen LogP contribution in [0.1, 0.15) is 66.2 Å². The van der Waals surface area contributed by atoms with Gasteiger partial charge in [-0.3, -0.25) is 19.2 Å². The predicted molar refractivity (Wildman–Crippen MR) is 126 cm³/mol. The number of likely N-dealkylation sites (N-methyl/N-ethyl adjacent to an activating group) is 1. The van der Waals surface area contributed by atoms with E-state index >= 15 is 0 Å². The molecule has 2 rings (SSSR count). The van der Waals surface area contributed by atoms with Crippen molar-refractivity contribution in [1.29, 1.82) is 0 Å². The Hall–Kier alpha value is -2.79. The molecule has 1 aliphatic heterocycles. The molecule has 2 aliphatic rings. The number of nitrogens with zero attached hydrogens (tertiary/aromatic N) is 1. The first-order valence-electron chi connectivity index (χ1n) is 12.1. The Labute approximate surface area is 210 Å². The third kappa shape index (κ3) is 7.13. The fourth-order valence-electron chi connectivity index (χ4n) is 4.77. The van der Waals surface area contributed by atoms with Gasteiger partial charge in [0.2, 0.25) is 23.5 Å². The highest BCUT2D eigenvalue weighted by molar-refractivity contribution is 6.38. The summed E-state index contributed by atoms with van der Waals surface area (Å²) in [4.78, 5) is 64.9. The van der Waals surface area contributed by atoms with Crippen LogP contribution in [0.5, 0.6) is 0 Å². The Balaban J connectivity index is 2.32. The highest BCUT2D eigenvalue weighted by Gasteiger charge is 2.53. The Morgan fingerprint density at radius 2 is 1.69 bits per heavy atom. The third-order valence-electron chi connectivity index (χ3n) is 7.02. The summed E-state index contributed by atoms with van der Waals surface area (Å²) in [6.07, 6.45) is 0.961. The van der Waals surface area contributed by atoms with Crippen LogP contribution >= 0.6 is 0 Å². The van der Waals surface area contributed by atoms with Gasteiger partial charge in [-0.1, -0.05) is 27.2 Å². The third-order valence-corrected chi connectivity index (χ3v) is 7.02. The molecule has 0 unspecified atom stereocenters. The molecule has 0 aromatic rings. The summed E-state index contributed by atoms with van der Waals surface area (Å²) in [7, 11) is 2.41. The molecule has 1 heterocycles. The molecule has 1 spiro atoms. The van der Waals surface area contributed by atoms with Gasteiger partial charge in [0, 0.05) is 20.0 Å². The summed E-state index contributed by atoms with van der Waals surface area (Å²) in [6.45, 7) is 6.27. The molecule has 3 N–H and O–H groups in total. The number of halogens is 2. The first-order chi connectivity index (χ1) is 16.5. The van der Waals surface area contributed by atoms with Gasteiger partial charge in [-0.15, -0.1) is 0 Å². The van der Waals surface area contributed by atoms with Crippen LogP contribution in [0, 0.1) is 10.8 Å². The molecule has 1 saturated carbocycles. The standard InChI is InChI=1S/C24H38F2N4O6/c1-22(2,3)17(29-21(35)36-6)20(34)30-13-24(9-7-10-24)12-15(30)18(32)28-14(8-11-23(4,25)26)16(31)19(33)27-5/h14-15,17H,7-13H2,1-6H3,(H,27,33)(H,28,32)(H,29,35)/t14-,15+,17+/m0/s1. The number of hydrogen-bond donors (Lipinski definition) is 3. The predicted octanol–water partition coefficient (Wildman–Crippen LogP) is 1.76. The number of nitrogens with one attached hydrogen (secondary N) is 3. The van der Waals surface area contributed by atoms with Crippen molar-refractivity contribution >= 4 is 29.6 Å². The summed E-state index contributed by atoms with van der Waals surface area (Å²) in [5, 5.41) is 7.16. The van der Waals surface area contributed by atoms with E-state index in [2.05, 4.69) is 20.7 Å². The maximum atomic E-state index is 13.7. The maximum Gasteiger partial charge on any atom is 0.407 e. The average molecular weight is 517 g/mol. The van der Waals surface area contributed by atoms with Crippen LogP contribution in [0.3, 0.4) is 0 Å². The number of rotatable bonds is 9. The number of alkyl carbamates (subject to hydrolysis) is 1. The molecule has 0 radical (unpaired) electrons. The molecule has 0 bridgehead atoms. The smallest absolute Gasteiger partial charge is 0.407 e. The normalized spacial score (nSPS) is 20.7. The number of amides is 4. The quantitative estimate of drug-likeness (QED) is 0.400. The van der Waals surface area contributed by atoms with Crippen LogP contribution in [-0.4, -0.2) is 79.2 Å². The lowest BCUT2D eigenvalue weighted by atomic mass is 9.67. The molecule has 1 aliphatic carbocycles. The number of ketones is 1. The lowest BCUT2D eigenvalue weighted by Crippen LogP contribution is -2.59. The molecule has 4 amide bonds. The first kappa shape index (κ1) is 29.4. The first-order valence-corrected chi connectivity index (χ1v) is 12.1. The van der Waals surface area contributed by atoms with Gasteiger partial charge in [0.15, 0.2) is 0 Å². The van der Waals surface area contributed by atoms with E-state index in [-0.39, 0.29) is 5.41 Å². The number of carbonyl (C=O) groups excluding carboxylic acids is 5. The number of carbonyl (C=O) groups is 5. The highest BCUT2D eigenvalue weighted by Crippen LogP contribution is 2.50. The van der Waals surface area contributed by atoms with E-state index < -0.39 is 71.9 Å². The van der Waals surface area contributed by atoms with E-state index in [9.17, 15) is 32.8 Å². The molecule has 2 fully saturated rings. The van der Waals surface area contributed by atoms with Gasteiger partial charge < -0.3 is 25.6 Å². The molecule has 204 valence electrons. The van der Waals surface area contributed by atoms with Crippen molar-refractivity contribution in [3.05, 3.63) is 0 Å². The van der Waals surface area contributed by atoms with E-state index in [4.69, 9.17) is 0 Å². The summed E-state index contributed by atoms with van der Waals surface area (Å²) >= 11 is 0. The number of Topliss-reactive ketones (excluding diaryl/α,β-unsaturated/α-hetero) is 1. The molecule has 36 heavy (non-hydrogen) atoms. The number of methoxy groups -OCH3 is 1. The lowest BCUT2D eigenvalue weighted by Gasteiger charge is -2.39. The maximum absolute atomic E-state index is 13.7. The van der Waals surface area contributed by atoms with Crippen molar-refractivity contribution in [3.8, 4) is 0 Å². The van der Waals surface area contributed by atoms with Gasteiger partial charge in [0.05, 0.1) is 13.2 Å². The summed E-state index contributed by atoms with van der Waals surface area (Å²) in [6, 6.07) is -3.45. The molecular formula is C24H38F2N4O6. The van der Waals surface area contributed by atoms with Crippen molar-refractivity contribution < 1.29 is 37.5 Å². The minimum atomic E-state index is -3.10. The largest absolute Gasteiger partial charge is 0.453 e. The minimum Gasteiger partial charge on any atom is -0.453 e. The molecule has 10 nitrogen and oxygen atoms in total. The molecular weight excluding hydrogens is 478 g/mol. The zero-order valence-corrected chi connectivity index (χ0v) is 21.8. The van der Waals surface area contributed by atoms with Crippen LogP contribution in [0.25, 0.3) is 0 Å². The second-order valence-corrected chi connectivity index (χ2v) is 11.1. The number of alkyl halides is 2. The van der Waals surface area contributed by atoms with Crippen molar-refractivity contribution in [1.82, 2.24) is 20.9 Å². The van der Waals surface area contributed by atoms with E-state index in [1.54, 1.807) is 20.8 Å². The van der Waals surface area contributed by atoms with E-state index in [1.165, 1.54) is 19.1 Å². The zero-order chi connectivity index (χ0) is 27.5. The van der Waals surface area contributed by atoms with Crippen LogP contribution in [0.4, 0.5) is 13.6 Å². The zero-order valence-electron chi connectivity index (χ0n) is 21.8. The average Bonchev–Trinajstić information content (AvgIpc) is 3.19. The van der Waals surface area contributed by atoms with Crippen molar-refractivity contribution in [2.24, 2.45) is 10.8 Å². The van der Waals surface area contributed by atoms with E-state index in [0.717, 1.165) is 19.3 Å². The fraction of sp³-hybridized carbons (Fsp3) is 0.792. The summed E-state index contributed by atoms with van der Waals surface area (Å²) in [5.74, 6) is -6.32. The van der Waals surface area contributed by atoms with Crippen LogP contribution in [0.15, 0.2) is 0 Å². The van der Waals surface area contributed by atoms with E-state index in [1.807, 2.05) is 0 Å². The fourth-order valence-corrected chi connectivity index (χ4v) is 4.77. The minimum absolute atomic E-state index is 0.262. The Bertz CT molecular complexity index is 879. The van der Waals surface area contributed by atoms with Crippen LogP contribution in [0.2, 0.25) is 0 Å². The van der Waals surface area contributed by atoms with Crippen molar-refractivity contribution in [2.45, 2.75) is 90.3 Å². The number of hydrogen-bond acceptors (Lipinski definition) is 6. The second kappa shape index (κ2) is 11.1. The number of ether oxygens (including phenoxy) is 1. The Morgan fingerprint density at radius 3 is 2.14 bits per heavy atom. The number of likely N-dealkylation sites (tertiary alicyclic amines) is 1. The topological polar surface area (TPSA) is 134 Å². The molecule has 3 atom stereocenters. The van der Waals surface area contributed by atoms with Crippen molar-refractivity contribution in [2.75, 3.05) is 20.7 Å². The van der Waals surface area contributed by atoms with Crippen molar-refractivity contribution in [3.63, 3.8) is 0 Å². The highest BCUT2D eigenvalue weighted by atomic mass is 19.3. The van der Waals surface area contributed by atoms with E-state index in [0.29, 0.717) is 19.9 Å². The monoisotopic (exact) mass is 516 g/mol. The molecule has 0 aromatic heterocycles. The van der Waals surface area contributed by atoms with Crippen LogP contribution < -0.4 is 16.0 Å². The lowest BCUT2D eigenvalue weighted by molar-refractivity contribution is -0.144. The molecule has 0 aromatic carbocycles. The van der Waals surface area contributed by atoms with Gasteiger partial charge in [0.25, 0.3) is 5.91 Å².